The minimum absolute atomic E-state index is 0.0412. The van der Waals surface area contributed by atoms with Gasteiger partial charge in [0.05, 0.1) is 6.61 Å². The van der Waals surface area contributed by atoms with Crippen LogP contribution in [0.1, 0.15) is 77.2 Å². The van der Waals surface area contributed by atoms with Gasteiger partial charge in [0, 0.05) is 0 Å². The van der Waals surface area contributed by atoms with Crippen LogP contribution in [0.2, 0.25) is 0 Å². The molecule has 2 heteroatoms. The lowest BCUT2D eigenvalue weighted by Gasteiger charge is -2.10. The van der Waals surface area contributed by atoms with Crippen molar-refractivity contribution in [2.45, 2.75) is 83.7 Å². The Balaban J connectivity index is 1.50. The molecule has 1 aromatic rings. The molecule has 2 nitrogen and oxygen atoms in total. The number of epoxide rings is 1. The van der Waals surface area contributed by atoms with E-state index in [1.54, 1.807) is 0 Å². The van der Waals surface area contributed by atoms with E-state index in [1.807, 2.05) is 6.07 Å². The van der Waals surface area contributed by atoms with Gasteiger partial charge in [-0.25, -0.2) is 0 Å². The molecule has 1 aliphatic heterocycles. The first-order valence-corrected chi connectivity index (χ1v) is 10.2. The Labute approximate surface area is 154 Å². The maximum atomic E-state index is 5.85. The maximum absolute atomic E-state index is 5.85. The van der Waals surface area contributed by atoms with Gasteiger partial charge in [0.2, 0.25) is 0 Å². The second-order valence-electron chi connectivity index (χ2n) is 7.59. The molecular weight excluding hydrogens is 308 g/mol. The van der Waals surface area contributed by atoms with Crippen LogP contribution in [0, 0.1) is 0 Å². The molecule has 0 N–H and O–H groups in total. The Morgan fingerprint density at radius 3 is 2.48 bits per heavy atom. The van der Waals surface area contributed by atoms with Crippen LogP contribution in [0.3, 0.4) is 0 Å². The molecule has 0 bridgehead atoms. The largest absolute Gasteiger partial charge is 0.490 e. The summed E-state index contributed by atoms with van der Waals surface area (Å²) < 4.78 is 11.2. The molecule has 0 saturated carbocycles. The van der Waals surface area contributed by atoms with Crippen molar-refractivity contribution in [3.63, 3.8) is 0 Å². The highest BCUT2D eigenvalue weighted by Crippen LogP contribution is 2.27. The van der Waals surface area contributed by atoms with Crippen molar-refractivity contribution in [1.29, 1.82) is 0 Å². The van der Waals surface area contributed by atoms with Gasteiger partial charge >= 0.3 is 0 Å². The first kappa shape index (κ1) is 20.0. The van der Waals surface area contributed by atoms with Crippen molar-refractivity contribution >= 4 is 0 Å². The normalized spacial score (nSPS) is 19.4. The highest BCUT2D eigenvalue weighted by atomic mass is 16.6. The number of hydrogen-bond donors (Lipinski definition) is 0. The van der Waals surface area contributed by atoms with Crippen LogP contribution in [0.4, 0.5) is 0 Å². The van der Waals surface area contributed by atoms with E-state index >= 15 is 0 Å². The van der Waals surface area contributed by atoms with Gasteiger partial charge in [-0.1, -0.05) is 56.9 Å². The average molecular weight is 345 g/mol. The molecule has 0 aromatic heterocycles. The molecule has 0 radical (unpaired) electrons. The van der Waals surface area contributed by atoms with Gasteiger partial charge in [-0.3, -0.25) is 0 Å². The van der Waals surface area contributed by atoms with Gasteiger partial charge in [-0.15, -0.1) is 0 Å². The number of allylic oxidation sites excluding steroid dienone is 2. The summed E-state index contributed by atoms with van der Waals surface area (Å²) in [6, 6.07) is 8.54. The SMILES string of the molecule is CCCCC/C=C/CCCCCCc1cccc(OCC2(C)CO2)c1. The fourth-order valence-corrected chi connectivity index (χ4v) is 2.93. The summed E-state index contributed by atoms with van der Waals surface area (Å²) in [4.78, 5) is 0. The standard InChI is InChI=1S/C23H36O2/c1-3-4-5-6-7-8-9-10-11-12-13-15-21-16-14-17-22(18-21)24-19-23(2)20-25-23/h7-8,14,16-18H,3-6,9-13,15,19-20H2,1-2H3/b8-7+. The summed E-state index contributed by atoms with van der Waals surface area (Å²) in [6.07, 6.45) is 17.7. The fraction of sp³-hybridized carbons (Fsp3) is 0.652. The Kier molecular flexibility index (Phi) is 9.10. The molecular formula is C23H36O2. The minimum atomic E-state index is -0.0412. The molecule has 0 amide bonds. The van der Waals surface area contributed by atoms with Crippen molar-refractivity contribution < 1.29 is 9.47 Å². The van der Waals surface area contributed by atoms with Crippen molar-refractivity contribution in [3.05, 3.63) is 42.0 Å². The van der Waals surface area contributed by atoms with E-state index < -0.39 is 0 Å². The Bertz CT molecular complexity index is 503. The number of rotatable bonds is 14. The molecule has 1 saturated heterocycles. The van der Waals surface area contributed by atoms with E-state index in [2.05, 4.69) is 44.2 Å². The molecule has 2 rings (SSSR count). The van der Waals surface area contributed by atoms with Crippen LogP contribution in [0.25, 0.3) is 0 Å². The van der Waals surface area contributed by atoms with Gasteiger partial charge in [-0.05, 0) is 63.1 Å². The van der Waals surface area contributed by atoms with Crippen molar-refractivity contribution in [1.82, 2.24) is 0 Å². The smallest absolute Gasteiger partial charge is 0.123 e. The van der Waals surface area contributed by atoms with Crippen LogP contribution in [0.15, 0.2) is 36.4 Å². The minimum Gasteiger partial charge on any atom is -0.490 e. The number of benzene rings is 1. The monoisotopic (exact) mass is 344 g/mol. The van der Waals surface area contributed by atoms with E-state index in [1.165, 1.54) is 63.4 Å². The van der Waals surface area contributed by atoms with Crippen molar-refractivity contribution in [2.75, 3.05) is 13.2 Å². The van der Waals surface area contributed by atoms with Crippen LogP contribution in [-0.2, 0) is 11.2 Å². The Hall–Kier alpha value is -1.28. The topological polar surface area (TPSA) is 21.8 Å². The number of hydrogen-bond acceptors (Lipinski definition) is 2. The zero-order valence-corrected chi connectivity index (χ0v) is 16.3. The summed E-state index contributed by atoms with van der Waals surface area (Å²) >= 11 is 0. The third-order valence-electron chi connectivity index (χ3n) is 4.81. The van der Waals surface area contributed by atoms with Gasteiger partial charge in [-0.2, -0.15) is 0 Å². The van der Waals surface area contributed by atoms with E-state index in [9.17, 15) is 0 Å². The summed E-state index contributed by atoms with van der Waals surface area (Å²) in [7, 11) is 0. The molecule has 25 heavy (non-hydrogen) atoms. The summed E-state index contributed by atoms with van der Waals surface area (Å²) in [5.74, 6) is 0.974. The maximum Gasteiger partial charge on any atom is 0.123 e. The third kappa shape index (κ3) is 9.11. The summed E-state index contributed by atoms with van der Waals surface area (Å²) in [6.45, 7) is 5.83. The zero-order valence-electron chi connectivity index (χ0n) is 16.3. The quantitative estimate of drug-likeness (QED) is 0.219. The molecule has 1 aliphatic rings. The molecule has 1 atom stereocenters. The molecule has 0 aliphatic carbocycles. The predicted octanol–water partition coefficient (Wildman–Crippen LogP) is 6.48. The molecule has 1 unspecified atom stereocenters. The second kappa shape index (κ2) is 11.4. The zero-order chi connectivity index (χ0) is 17.8. The van der Waals surface area contributed by atoms with E-state index in [0.29, 0.717) is 6.61 Å². The van der Waals surface area contributed by atoms with Crippen LogP contribution in [-0.4, -0.2) is 18.8 Å². The van der Waals surface area contributed by atoms with Crippen molar-refractivity contribution in [2.24, 2.45) is 0 Å². The second-order valence-corrected chi connectivity index (χ2v) is 7.59. The number of ether oxygens (including phenoxy) is 2. The highest BCUT2D eigenvalue weighted by molar-refractivity contribution is 5.28. The van der Waals surface area contributed by atoms with Gasteiger partial charge < -0.3 is 9.47 Å². The van der Waals surface area contributed by atoms with Gasteiger partial charge in [0.15, 0.2) is 0 Å². The van der Waals surface area contributed by atoms with Crippen LogP contribution in [0.5, 0.6) is 5.75 Å². The van der Waals surface area contributed by atoms with Crippen LogP contribution < -0.4 is 4.74 Å². The fourth-order valence-electron chi connectivity index (χ4n) is 2.93. The van der Waals surface area contributed by atoms with Gasteiger partial charge in [0.1, 0.15) is 18.0 Å². The molecule has 1 heterocycles. The molecule has 1 aromatic carbocycles. The van der Waals surface area contributed by atoms with Gasteiger partial charge in [0.25, 0.3) is 0 Å². The lowest BCUT2D eigenvalue weighted by molar-refractivity contribution is 0.202. The molecule has 1 fully saturated rings. The highest BCUT2D eigenvalue weighted by Gasteiger charge is 2.40. The number of aryl methyl sites for hydroxylation is 1. The molecule has 0 spiro atoms. The van der Waals surface area contributed by atoms with Crippen LogP contribution >= 0.6 is 0 Å². The number of unbranched alkanes of at least 4 members (excludes halogenated alkanes) is 7. The molecule has 140 valence electrons. The Morgan fingerprint density at radius 1 is 1.04 bits per heavy atom. The third-order valence-corrected chi connectivity index (χ3v) is 4.81. The van der Waals surface area contributed by atoms with Crippen molar-refractivity contribution in [3.8, 4) is 5.75 Å². The van der Waals surface area contributed by atoms with E-state index in [4.69, 9.17) is 9.47 Å². The van der Waals surface area contributed by atoms with E-state index in [0.717, 1.165) is 18.8 Å². The Morgan fingerprint density at radius 2 is 1.76 bits per heavy atom. The first-order chi connectivity index (χ1) is 12.2. The summed E-state index contributed by atoms with van der Waals surface area (Å²) in [5, 5.41) is 0. The van der Waals surface area contributed by atoms with E-state index in [-0.39, 0.29) is 5.60 Å². The predicted molar refractivity (Wildman–Crippen MR) is 106 cm³/mol. The summed E-state index contributed by atoms with van der Waals surface area (Å²) in [5.41, 5.74) is 1.34. The first-order valence-electron chi connectivity index (χ1n) is 10.2. The average Bonchev–Trinajstić information content (AvgIpc) is 3.36. The lowest BCUT2D eigenvalue weighted by Crippen LogP contribution is -2.16. The lowest BCUT2D eigenvalue weighted by atomic mass is 10.0.